The molecule has 1 fully saturated rings. The van der Waals surface area contributed by atoms with E-state index < -0.39 is 0 Å². The molecule has 1 aliphatic rings. The molecule has 0 radical (unpaired) electrons. The number of halogens is 1. The summed E-state index contributed by atoms with van der Waals surface area (Å²) in [4.78, 5) is 9.37. The third-order valence-electron chi connectivity index (χ3n) is 3.15. The van der Waals surface area contributed by atoms with Gasteiger partial charge in [0.1, 0.15) is 17.0 Å². The van der Waals surface area contributed by atoms with Crippen LogP contribution in [-0.2, 0) is 0 Å². The Balaban J connectivity index is 2.63. The van der Waals surface area contributed by atoms with E-state index in [1.165, 1.54) is 0 Å². The van der Waals surface area contributed by atoms with Crippen molar-refractivity contribution in [2.75, 3.05) is 25.1 Å². The van der Waals surface area contributed by atoms with Gasteiger partial charge >= 0.3 is 0 Å². The number of aromatic nitrogens is 1. The summed E-state index contributed by atoms with van der Waals surface area (Å²) in [5.74, 6) is 0.676. The molecule has 0 saturated heterocycles. The van der Waals surface area contributed by atoms with Crippen LogP contribution >= 0.6 is 11.6 Å². The predicted octanol–water partition coefficient (Wildman–Crippen LogP) is 2.46. The second kappa shape index (κ2) is 5.44. The molecule has 0 aliphatic heterocycles. The Kier molecular flexibility index (Phi) is 3.90. The quantitative estimate of drug-likeness (QED) is 0.678. The Hall–Kier alpha value is -1.82. The number of anilines is 1. The maximum absolute atomic E-state index is 9.20. The zero-order valence-corrected chi connectivity index (χ0v) is 11.3. The molecular formula is C13H13ClN4O. The van der Waals surface area contributed by atoms with Crippen LogP contribution in [0.4, 0.5) is 11.5 Å². The highest BCUT2D eigenvalue weighted by molar-refractivity contribution is 6.31. The normalized spacial score (nSPS) is 13.7. The first kappa shape index (κ1) is 13.6. The van der Waals surface area contributed by atoms with Gasteiger partial charge in [-0.25, -0.2) is 9.83 Å². The number of aliphatic hydroxyl groups is 1. The average Bonchev–Trinajstić information content (AvgIpc) is 3.21. The molecule has 0 unspecified atom stereocenters. The van der Waals surface area contributed by atoms with Crippen LogP contribution in [0.15, 0.2) is 0 Å². The Morgan fingerprint density at radius 1 is 1.63 bits per heavy atom. The van der Waals surface area contributed by atoms with E-state index in [4.69, 9.17) is 23.3 Å². The molecule has 1 saturated carbocycles. The molecule has 1 N–H and O–H groups in total. The SMILES string of the molecule is [C-]#[N+]c1c(N(C)CCO)nc(Cl)c(C#N)c1C1CC1. The molecule has 6 heteroatoms. The lowest BCUT2D eigenvalue weighted by Gasteiger charge is -2.21. The summed E-state index contributed by atoms with van der Waals surface area (Å²) in [5, 5.41) is 18.3. The van der Waals surface area contributed by atoms with Crippen molar-refractivity contribution >= 4 is 23.1 Å². The van der Waals surface area contributed by atoms with Crippen LogP contribution in [0.3, 0.4) is 0 Å². The zero-order valence-electron chi connectivity index (χ0n) is 10.5. The number of pyridine rings is 1. The van der Waals surface area contributed by atoms with E-state index in [1.807, 2.05) is 0 Å². The fourth-order valence-electron chi connectivity index (χ4n) is 2.06. The minimum atomic E-state index is -0.0357. The number of hydrogen-bond donors (Lipinski definition) is 1. The minimum absolute atomic E-state index is 0.0357. The van der Waals surface area contributed by atoms with E-state index >= 15 is 0 Å². The van der Waals surface area contributed by atoms with Crippen LogP contribution in [-0.4, -0.2) is 30.3 Å². The minimum Gasteiger partial charge on any atom is -0.395 e. The molecule has 0 atom stereocenters. The lowest BCUT2D eigenvalue weighted by atomic mass is 10.0. The Morgan fingerprint density at radius 3 is 2.79 bits per heavy atom. The van der Waals surface area contributed by atoms with Crippen LogP contribution in [0.25, 0.3) is 4.85 Å². The molecule has 0 amide bonds. The highest BCUT2D eigenvalue weighted by atomic mass is 35.5. The van der Waals surface area contributed by atoms with Gasteiger partial charge in [0.05, 0.1) is 18.7 Å². The largest absolute Gasteiger partial charge is 0.395 e. The number of nitriles is 1. The number of hydrogen-bond acceptors (Lipinski definition) is 4. The van der Waals surface area contributed by atoms with E-state index in [9.17, 15) is 5.26 Å². The van der Waals surface area contributed by atoms with E-state index in [1.54, 1.807) is 11.9 Å². The van der Waals surface area contributed by atoms with Crippen molar-refractivity contribution in [3.8, 4) is 6.07 Å². The molecule has 1 aromatic heterocycles. The van der Waals surface area contributed by atoms with Crippen molar-refractivity contribution in [1.82, 2.24) is 4.98 Å². The van der Waals surface area contributed by atoms with Crippen LogP contribution in [0, 0.1) is 17.9 Å². The summed E-state index contributed by atoms with van der Waals surface area (Å²) >= 11 is 6.05. The summed E-state index contributed by atoms with van der Waals surface area (Å²) in [6.07, 6.45) is 1.95. The Labute approximate surface area is 116 Å². The second-order valence-electron chi connectivity index (χ2n) is 4.51. The first-order chi connectivity index (χ1) is 9.13. The van der Waals surface area contributed by atoms with Gasteiger partial charge in [0.2, 0.25) is 5.69 Å². The highest BCUT2D eigenvalue weighted by Crippen LogP contribution is 2.49. The topological polar surface area (TPSA) is 64.5 Å². The van der Waals surface area contributed by atoms with E-state index in [-0.39, 0.29) is 17.7 Å². The second-order valence-corrected chi connectivity index (χ2v) is 4.86. The van der Waals surface area contributed by atoms with Crippen molar-refractivity contribution in [3.63, 3.8) is 0 Å². The third kappa shape index (κ3) is 2.49. The Morgan fingerprint density at radius 2 is 2.32 bits per heavy atom. The molecule has 0 spiro atoms. The molecule has 1 aliphatic carbocycles. The number of rotatable bonds is 4. The van der Waals surface area contributed by atoms with Crippen LogP contribution in [0.5, 0.6) is 0 Å². The van der Waals surface area contributed by atoms with Crippen molar-refractivity contribution in [2.24, 2.45) is 0 Å². The fourth-order valence-corrected chi connectivity index (χ4v) is 2.28. The predicted molar refractivity (Wildman–Crippen MR) is 72.6 cm³/mol. The van der Waals surface area contributed by atoms with Crippen LogP contribution in [0.2, 0.25) is 5.15 Å². The zero-order chi connectivity index (χ0) is 14.0. The summed E-state index contributed by atoms with van der Waals surface area (Å²) in [5.41, 5.74) is 1.42. The van der Waals surface area contributed by atoms with Crippen molar-refractivity contribution in [2.45, 2.75) is 18.8 Å². The van der Waals surface area contributed by atoms with Gasteiger partial charge in [-0.3, -0.25) is 0 Å². The van der Waals surface area contributed by atoms with Crippen LogP contribution in [0.1, 0.15) is 29.9 Å². The van der Waals surface area contributed by atoms with Crippen molar-refractivity contribution in [1.29, 1.82) is 5.26 Å². The van der Waals surface area contributed by atoms with Crippen molar-refractivity contribution in [3.05, 3.63) is 27.7 Å². The molecule has 2 rings (SSSR count). The van der Waals surface area contributed by atoms with Gasteiger partial charge < -0.3 is 10.0 Å². The summed E-state index contributed by atoms with van der Waals surface area (Å²) in [7, 11) is 1.74. The lowest BCUT2D eigenvalue weighted by Crippen LogP contribution is -2.22. The van der Waals surface area contributed by atoms with Gasteiger partial charge in [-0.1, -0.05) is 11.6 Å². The molecule has 0 bridgehead atoms. The summed E-state index contributed by atoms with van der Waals surface area (Å²) < 4.78 is 0. The van der Waals surface area contributed by atoms with Gasteiger partial charge in [-0.05, 0) is 24.3 Å². The van der Waals surface area contributed by atoms with Gasteiger partial charge in [0, 0.05) is 13.6 Å². The molecule has 19 heavy (non-hydrogen) atoms. The first-order valence-electron chi connectivity index (χ1n) is 5.97. The lowest BCUT2D eigenvalue weighted by molar-refractivity contribution is 0.304. The molecular weight excluding hydrogens is 264 g/mol. The van der Waals surface area contributed by atoms with Crippen molar-refractivity contribution < 1.29 is 5.11 Å². The van der Waals surface area contributed by atoms with Gasteiger partial charge in [0.15, 0.2) is 0 Å². The molecule has 0 aromatic carbocycles. The summed E-state index contributed by atoms with van der Waals surface area (Å²) in [6.45, 7) is 7.68. The molecule has 5 nitrogen and oxygen atoms in total. The van der Waals surface area contributed by atoms with Gasteiger partial charge in [-0.15, -0.1) is 0 Å². The van der Waals surface area contributed by atoms with Gasteiger partial charge in [-0.2, -0.15) is 5.26 Å². The monoisotopic (exact) mass is 276 g/mol. The third-order valence-corrected chi connectivity index (χ3v) is 3.43. The maximum atomic E-state index is 9.20. The first-order valence-corrected chi connectivity index (χ1v) is 6.34. The number of nitrogens with zero attached hydrogens (tertiary/aromatic N) is 4. The molecule has 1 aromatic rings. The van der Waals surface area contributed by atoms with E-state index in [2.05, 4.69) is 15.9 Å². The number of aliphatic hydroxyl groups excluding tert-OH is 1. The average molecular weight is 277 g/mol. The smallest absolute Gasteiger partial charge is 0.233 e. The van der Waals surface area contributed by atoms with Crippen LogP contribution < -0.4 is 4.90 Å². The highest BCUT2D eigenvalue weighted by Gasteiger charge is 2.33. The molecule has 98 valence electrons. The van der Waals surface area contributed by atoms with Gasteiger partial charge in [0.25, 0.3) is 0 Å². The Bertz CT molecular complexity index is 584. The maximum Gasteiger partial charge on any atom is 0.233 e. The fraction of sp³-hybridized carbons (Fsp3) is 0.462. The number of likely N-dealkylation sites (N-methyl/N-ethyl adjacent to an activating group) is 1. The summed E-state index contributed by atoms with van der Waals surface area (Å²) in [6, 6.07) is 2.05. The molecule has 1 heterocycles. The van der Waals surface area contributed by atoms with E-state index in [0.29, 0.717) is 23.6 Å². The standard InChI is InChI=1S/C13H13ClN4O/c1-16-11-10(8-3-4-8)9(7-15)12(14)17-13(11)18(2)5-6-19/h8,19H,3-6H2,2H3. The van der Waals surface area contributed by atoms with E-state index in [0.717, 1.165) is 18.4 Å².